The predicted molar refractivity (Wildman–Crippen MR) is 63.5 cm³/mol. The van der Waals surface area contributed by atoms with Crippen LogP contribution in [0.4, 0.5) is 5.69 Å². The summed E-state index contributed by atoms with van der Waals surface area (Å²) in [5.74, 6) is 0. The summed E-state index contributed by atoms with van der Waals surface area (Å²) in [6.45, 7) is 2.36. The van der Waals surface area contributed by atoms with Gasteiger partial charge in [0.25, 0.3) is 0 Å². The highest BCUT2D eigenvalue weighted by atomic mass is 35.5. The Bertz CT molecular complexity index is 292. The second kappa shape index (κ2) is 4.51. The molecule has 1 aliphatic rings. The molecule has 1 aromatic heterocycles. The molecule has 0 radical (unpaired) electrons. The Labute approximate surface area is 93.9 Å². The number of nitrogens with one attached hydrogen (secondary N) is 1. The second-order valence-electron chi connectivity index (χ2n) is 3.83. The van der Waals surface area contributed by atoms with E-state index in [0.717, 1.165) is 10.0 Å². The summed E-state index contributed by atoms with van der Waals surface area (Å²) in [6, 6.07) is 2.66. The lowest BCUT2D eigenvalue weighted by Crippen LogP contribution is -2.36. The Morgan fingerprint density at radius 3 is 2.79 bits per heavy atom. The highest BCUT2D eigenvalue weighted by molar-refractivity contribution is 7.15. The molecule has 2 heterocycles. The largest absolute Gasteiger partial charge is 0.380 e. The number of halogens is 1. The van der Waals surface area contributed by atoms with Crippen LogP contribution in [0.2, 0.25) is 4.34 Å². The third-order valence-corrected chi connectivity index (χ3v) is 3.87. The number of likely N-dealkylation sites (tertiary alicyclic amines) is 1. The van der Waals surface area contributed by atoms with Gasteiger partial charge in [0, 0.05) is 6.04 Å². The normalized spacial score (nSPS) is 19.9. The van der Waals surface area contributed by atoms with Crippen LogP contribution < -0.4 is 5.32 Å². The van der Waals surface area contributed by atoms with Crippen LogP contribution in [-0.4, -0.2) is 31.1 Å². The van der Waals surface area contributed by atoms with Crippen LogP contribution >= 0.6 is 22.9 Å². The van der Waals surface area contributed by atoms with Crippen LogP contribution in [-0.2, 0) is 0 Å². The first-order valence-electron chi connectivity index (χ1n) is 4.94. The van der Waals surface area contributed by atoms with E-state index in [-0.39, 0.29) is 0 Å². The van der Waals surface area contributed by atoms with Crippen molar-refractivity contribution in [2.75, 3.05) is 25.5 Å². The third-order valence-electron chi connectivity index (χ3n) is 2.70. The first-order valence-corrected chi connectivity index (χ1v) is 6.19. The molecule has 0 aliphatic carbocycles. The monoisotopic (exact) mass is 230 g/mol. The number of hydrogen-bond acceptors (Lipinski definition) is 3. The minimum Gasteiger partial charge on any atom is -0.380 e. The molecule has 0 bridgehead atoms. The van der Waals surface area contributed by atoms with Gasteiger partial charge in [-0.15, -0.1) is 11.3 Å². The molecule has 0 saturated carbocycles. The maximum absolute atomic E-state index is 6.03. The number of thiophene rings is 1. The van der Waals surface area contributed by atoms with Crippen molar-refractivity contribution >= 4 is 28.6 Å². The Morgan fingerprint density at radius 2 is 2.21 bits per heavy atom. The van der Waals surface area contributed by atoms with Crippen LogP contribution in [0, 0.1) is 0 Å². The fourth-order valence-corrected chi connectivity index (χ4v) is 2.62. The molecule has 1 aromatic rings. The molecular weight excluding hydrogens is 216 g/mol. The Hall–Kier alpha value is -0.250. The lowest BCUT2D eigenvalue weighted by molar-refractivity contribution is 0.264. The zero-order chi connectivity index (χ0) is 9.97. The zero-order valence-corrected chi connectivity index (χ0v) is 9.87. The molecule has 1 fully saturated rings. The molecule has 0 amide bonds. The minimum atomic E-state index is 0.596. The van der Waals surface area contributed by atoms with Gasteiger partial charge in [-0.1, -0.05) is 11.6 Å². The van der Waals surface area contributed by atoms with Crippen LogP contribution in [0.1, 0.15) is 12.8 Å². The van der Waals surface area contributed by atoms with Gasteiger partial charge in [0.05, 0.1) is 5.69 Å². The summed E-state index contributed by atoms with van der Waals surface area (Å²) in [6.07, 6.45) is 2.42. The molecule has 2 nitrogen and oxygen atoms in total. The molecule has 1 N–H and O–H groups in total. The molecule has 0 atom stereocenters. The Kier molecular flexibility index (Phi) is 3.31. The summed E-state index contributed by atoms with van der Waals surface area (Å²) in [5.41, 5.74) is 1.10. The molecule has 1 saturated heterocycles. The maximum Gasteiger partial charge on any atom is 0.116 e. The van der Waals surface area contributed by atoms with Crippen LogP contribution in [0.15, 0.2) is 11.4 Å². The van der Waals surface area contributed by atoms with Crippen molar-refractivity contribution in [3.05, 3.63) is 15.8 Å². The SMILES string of the molecule is CN1CCC(Nc2ccsc2Cl)CC1. The van der Waals surface area contributed by atoms with Crippen molar-refractivity contribution in [2.45, 2.75) is 18.9 Å². The number of anilines is 1. The van der Waals surface area contributed by atoms with Crippen molar-refractivity contribution in [2.24, 2.45) is 0 Å². The maximum atomic E-state index is 6.03. The summed E-state index contributed by atoms with van der Waals surface area (Å²) in [4.78, 5) is 2.37. The van der Waals surface area contributed by atoms with Gasteiger partial charge in [-0.3, -0.25) is 0 Å². The standard InChI is InChI=1S/C10H15ClN2S/c1-13-5-2-8(3-6-13)12-9-4-7-14-10(9)11/h4,7-8,12H,2-3,5-6H2,1H3. The predicted octanol–water partition coefficient (Wildman–Crippen LogP) is 2.91. The molecule has 0 aromatic carbocycles. The molecular formula is C10H15ClN2S. The van der Waals surface area contributed by atoms with Crippen molar-refractivity contribution in [3.8, 4) is 0 Å². The van der Waals surface area contributed by atoms with Gasteiger partial charge >= 0.3 is 0 Å². The van der Waals surface area contributed by atoms with E-state index < -0.39 is 0 Å². The number of nitrogens with zero attached hydrogens (tertiary/aromatic N) is 1. The number of rotatable bonds is 2. The van der Waals surface area contributed by atoms with E-state index in [1.807, 2.05) is 5.38 Å². The summed E-state index contributed by atoms with van der Waals surface area (Å²) < 4.78 is 0.879. The topological polar surface area (TPSA) is 15.3 Å². The lowest BCUT2D eigenvalue weighted by Gasteiger charge is -2.29. The molecule has 0 spiro atoms. The fraction of sp³-hybridized carbons (Fsp3) is 0.600. The summed E-state index contributed by atoms with van der Waals surface area (Å²) >= 11 is 7.62. The van der Waals surface area contributed by atoms with Gasteiger partial charge in [0.15, 0.2) is 0 Å². The molecule has 14 heavy (non-hydrogen) atoms. The van der Waals surface area contributed by atoms with Crippen molar-refractivity contribution in [3.63, 3.8) is 0 Å². The molecule has 1 aliphatic heterocycles. The van der Waals surface area contributed by atoms with Crippen molar-refractivity contribution < 1.29 is 0 Å². The van der Waals surface area contributed by atoms with E-state index in [1.165, 1.54) is 25.9 Å². The fourth-order valence-electron chi connectivity index (χ4n) is 1.77. The molecule has 0 unspecified atom stereocenters. The average Bonchev–Trinajstić information content (AvgIpc) is 2.56. The molecule has 78 valence electrons. The van der Waals surface area contributed by atoms with Crippen LogP contribution in [0.3, 0.4) is 0 Å². The van der Waals surface area contributed by atoms with Gasteiger partial charge < -0.3 is 10.2 Å². The average molecular weight is 231 g/mol. The van der Waals surface area contributed by atoms with Crippen LogP contribution in [0.5, 0.6) is 0 Å². The summed E-state index contributed by atoms with van der Waals surface area (Å²) in [5, 5.41) is 5.53. The van der Waals surface area contributed by atoms with Crippen LogP contribution in [0.25, 0.3) is 0 Å². The highest BCUT2D eigenvalue weighted by Crippen LogP contribution is 2.29. The molecule has 2 rings (SSSR count). The van der Waals surface area contributed by atoms with Gasteiger partial charge in [0.2, 0.25) is 0 Å². The quantitative estimate of drug-likeness (QED) is 0.841. The first-order chi connectivity index (χ1) is 6.75. The van der Waals surface area contributed by atoms with Gasteiger partial charge in [-0.2, -0.15) is 0 Å². The van der Waals surface area contributed by atoms with E-state index in [1.54, 1.807) is 11.3 Å². The van der Waals surface area contributed by atoms with Gasteiger partial charge in [-0.05, 0) is 44.4 Å². The lowest BCUT2D eigenvalue weighted by atomic mass is 10.1. The Morgan fingerprint density at radius 1 is 1.50 bits per heavy atom. The number of piperidine rings is 1. The van der Waals surface area contributed by atoms with E-state index >= 15 is 0 Å². The first kappa shape index (κ1) is 10.3. The second-order valence-corrected chi connectivity index (χ2v) is 5.35. The zero-order valence-electron chi connectivity index (χ0n) is 8.29. The number of hydrogen-bond donors (Lipinski definition) is 1. The third kappa shape index (κ3) is 2.41. The van der Waals surface area contributed by atoms with E-state index in [9.17, 15) is 0 Å². The molecule has 4 heteroatoms. The van der Waals surface area contributed by atoms with Crippen molar-refractivity contribution in [1.29, 1.82) is 0 Å². The van der Waals surface area contributed by atoms with E-state index in [2.05, 4.69) is 23.3 Å². The smallest absolute Gasteiger partial charge is 0.116 e. The van der Waals surface area contributed by atoms with E-state index in [4.69, 9.17) is 11.6 Å². The minimum absolute atomic E-state index is 0.596. The highest BCUT2D eigenvalue weighted by Gasteiger charge is 2.17. The van der Waals surface area contributed by atoms with Crippen molar-refractivity contribution in [1.82, 2.24) is 4.90 Å². The van der Waals surface area contributed by atoms with E-state index in [0.29, 0.717) is 6.04 Å². The van der Waals surface area contributed by atoms with Gasteiger partial charge in [-0.25, -0.2) is 0 Å². The summed E-state index contributed by atoms with van der Waals surface area (Å²) in [7, 11) is 2.17. The van der Waals surface area contributed by atoms with Gasteiger partial charge in [0.1, 0.15) is 4.34 Å². The Balaban J connectivity index is 1.89.